The third-order valence-electron chi connectivity index (χ3n) is 2.69. The molecule has 3 N–H and O–H groups in total. The number of aliphatic hydroxyl groups excluding tert-OH is 1. The topological polar surface area (TPSA) is 90.7 Å². The molecule has 0 fully saturated rings. The summed E-state index contributed by atoms with van der Waals surface area (Å²) >= 11 is 0. The van der Waals surface area contributed by atoms with Gasteiger partial charge in [-0.3, -0.25) is 9.78 Å². The number of aliphatic carboxylic acids is 1. The van der Waals surface area contributed by atoms with E-state index in [4.69, 9.17) is 15.3 Å². The molecule has 1 heterocycles. The van der Waals surface area contributed by atoms with Crippen molar-refractivity contribution in [1.82, 2.24) is 4.98 Å². The van der Waals surface area contributed by atoms with E-state index in [2.05, 4.69) is 17.1 Å². The number of rotatable bonds is 4. The van der Waals surface area contributed by atoms with E-state index in [1.54, 1.807) is 0 Å². The number of benzene rings is 1. The van der Waals surface area contributed by atoms with Gasteiger partial charge < -0.3 is 15.3 Å². The summed E-state index contributed by atoms with van der Waals surface area (Å²) < 4.78 is 0. The molecule has 0 bridgehead atoms. The van der Waals surface area contributed by atoms with Crippen LogP contribution in [-0.4, -0.2) is 38.5 Å². The van der Waals surface area contributed by atoms with Crippen LogP contribution in [-0.2, 0) is 4.79 Å². The molecule has 0 radical (unpaired) electrons. The van der Waals surface area contributed by atoms with E-state index < -0.39 is 11.6 Å². The Morgan fingerprint density at radius 1 is 1.25 bits per heavy atom. The molecule has 20 heavy (non-hydrogen) atoms. The van der Waals surface area contributed by atoms with Gasteiger partial charge in [0.1, 0.15) is 0 Å². The van der Waals surface area contributed by atoms with Gasteiger partial charge in [0.15, 0.2) is 0 Å². The van der Waals surface area contributed by atoms with Crippen molar-refractivity contribution in [2.75, 3.05) is 6.61 Å². The highest BCUT2D eigenvalue weighted by Crippen LogP contribution is 2.12. The van der Waals surface area contributed by atoms with Gasteiger partial charge in [-0.2, -0.15) is 0 Å². The Hall–Kier alpha value is -1.98. The Bertz CT molecular complexity index is 489. The van der Waals surface area contributed by atoms with Crippen LogP contribution in [0.2, 0.25) is 0 Å². The fourth-order valence-electron chi connectivity index (χ4n) is 1.67. The second kappa shape index (κ2) is 7.57. The number of carboxylic acid groups (broad SMARTS) is 1. The third kappa shape index (κ3) is 5.77. The number of carbonyl (C=O) groups is 1. The second-order valence-corrected chi connectivity index (χ2v) is 4.74. The number of pyridine rings is 1. The van der Waals surface area contributed by atoms with Crippen molar-refractivity contribution >= 4 is 16.9 Å². The molecular formula is C15H19NO4. The van der Waals surface area contributed by atoms with Crippen LogP contribution in [0, 0.1) is 0 Å². The highest BCUT2D eigenvalue weighted by molar-refractivity contribution is 5.77. The highest BCUT2D eigenvalue weighted by Gasteiger charge is 2.22. The normalized spacial score (nSPS) is 13.2. The zero-order valence-electron chi connectivity index (χ0n) is 11.4. The number of aliphatic hydroxyl groups is 2. The predicted octanol–water partition coefficient (Wildman–Crippen LogP) is 1.83. The second-order valence-electron chi connectivity index (χ2n) is 4.74. The summed E-state index contributed by atoms with van der Waals surface area (Å²) in [4.78, 5) is 14.2. The zero-order chi connectivity index (χ0) is 15.0. The maximum absolute atomic E-state index is 10.0. The highest BCUT2D eigenvalue weighted by atomic mass is 16.4. The average Bonchev–Trinajstić information content (AvgIpc) is 2.38. The molecule has 0 saturated carbocycles. The predicted molar refractivity (Wildman–Crippen MR) is 76.3 cm³/mol. The molecular weight excluding hydrogens is 258 g/mol. The van der Waals surface area contributed by atoms with Gasteiger partial charge in [-0.1, -0.05) is 24.3 Å². The molecule has 1 aromatic carbocycles. The first-order valence-electron chi connectivity index (χ1n) is 6.29. The number of aromatic nitrogens is 1. The van der Waals surface area contributed by atoms with Gasteiger partial charge in [0, 0.05) is 18.2 Å². The molecule has 0 aliphatic heterocycles. The summed E-state index contributed by atoms with van der Waals surface area (Å²) in [5, 5.41) is 26.9. The van der Waals surface area contributed by atoms with E-state index in [0.29, 0.717) is 0 Å². The van der Waals surface area contributed by atoms with E-state index in [-0.39, 0.29) is 19.4 Å². The Morgan fingerprint density at radius 2 is 1.90 bits per heavy atom. The lowest BCUT2D eigenvalue weighted by Crippen LogP contribution is -2.28. The largest absolute Gasteiger partial charge is 0.481 e. The maximum Gasteiger partial charge on any atom is 0.306 e. The lowest BCUT2D eigenvalue weighted by Gasteiger charge is -2.18. The molecule has 0 spiro atoms. The van der Waals surface area contributed by atoms with E-state index in [1.807, 2.05) is 30.5 Å². The number of para-hydroxylation sites is 1. The van der Waals surface area contributed by atoms with Crippen molar-refractivity contribution in [3.63, 3.8) is 0 Å². The first kappa shape index (κ1) is 16.1. The smallest absolute Gasteiger partial charge is 0.306 e. The number of carboxylic acids is 1. The molecule has 0 amide bonds. The van der Waals surface area contributed by atoms with Crippen molar-refractivity contribution in [2.24, 2.45) is 0 Å². The fraction of sp³-hybridized carbons (Fsp3) is 0.333. The minimum absolute atomic E-state index is 0.0965. The molecule has 5 heteroatoms. The average molecular weight is 277 g/mol. The van der Waals surface area contributed by atoms with Crippen molar-refractivity contribution in [1.29, 1.82) is 0 Å². The van der Waals surface area contributed by atoms with Gasteiger partial charge in [-0.25, -0.2) is 0 Å². The van der Waals surface area contributed by atoms with Crippen LogP contribution >= 0.6 is 0 Å². The van der Waals surface area contributed by atoms with Crippen LogP contribution in [0.4, 0.5) is 0 Å². The summed E-state index contributed by atoms with van der Waals surface area (Å²) in [7, 11) is 0. The van der Waals surface area contributed by atoms with Gasteiger partial charge in [-0.05, 0) is 25.5 Å². The van der Waals surface area contributed by atoms with E-state index in [9.17, 15) is 4.79 Å². The quantitative estimate of drug-likeness (QED) is 0.793. The van der Waals surface area contributed by atoms with Crippen LogP contribution in [0.15, 0.2) is 42.6 Å². The summed E-state index contributed by atoms with van der Waals surface area (Å²) in [6.45, 7) is 1.19. The lowest BCUT2D eigenvalue weighted by atomic mass is 9.99. The van der Waals surface area contributed by atoms with Crippen molar-refractivity contribution in [2.45, 2.75) is 25.4 Å². The van der Waals surface area contributed by atoms with Gasteiger partial charge in [-0.15, -0.1) is 0 Å². The molecule has 5 nitrogen and oxygen atoms in total. The molecule has 1 atom stereocenters. The van der Waals surface area contributed by atoms with Crippen LogP contribution < -0.4 is 0 Å². The number of nitrogens with zero attached hydrogens (tertiary/aromatic N) is 1. The van der Waals surface area contributed by atoms with E-state index in [0.717, 1.165) is 5.52 Å². The Balaban J connectivity index is 0.000000200. The van der Waals surface area contributed by atoms with Crippen molar-refractivity contribution < 1.29 is 20.1 Å². The van der Waals surface area contributed by atoms with Gasteiger partial charge in [0.2, 0.25) is 0 Å². The van der Waals surface area contributed by atoms with Gasteiger partial charge in [0.25, 0.3) is 0 Å². The Kier molecular flexibility index (Phi) is 6.09. The minimum atomic E-state index is -1.28. The minimum Gasteiger partial charge on any atom is -0.481 e. The number of fused-ring (bicyclic) bond motifs is 1. The van der Waals surface area contributed by atoms with Crippen LogP contribution in [0.1, 0.15) is 19.8 Å². The molecule has 0 aliphatic rings. The summed E-state index contributed by atoms with van der Waals surface area (Å²) in [5.74, 6) is -1.06. The Labute approximate surface area is 117 Å². The molecule has 2 rings (SSSR count). The first-order chi connectivity index (χ1) is 9.44. The number of hydrogen-bond donors (Lipinski definition) is 3. The maximum atomic E-state index is 10.0. The fourth-order valence-corrected chi connectivity index (χ4v) is 1.67. The molecule has 1 aromatic heterocycles. The van der Waals surface area contributed by atoms with E-state index >= 15 is 0 Å². The summed E-state index contributed by atoms with van der Waals surface area (Å²) in [6.07, 6.45) is 1.58. The molecule has 0 aliphatic carbocycles. The molecule has 2 aromatic rings. The van der Waals surface area contributed by atoms with Gasteiger partial charge in [0.05, 0.1) is 17.5 Å². The molecule has 0 saturated heterocycles. The lowest BCUT2D eigenvalue weighted by molar-refractivity contribution is -0.142. The zero-order valence-corrected chi connectivity index (χ0v) is 11.4. The SMILES string of the molecule is C[C@@](O)(CCO)CC(=O)O.c1ccc2ncccc2c1. The first-order valence-corrected chi connectivity index (χ1v) is 6.29. The molecule has 0 unspecified atom stereocenters. The summed E-state index contributed by atoms with van der Waals surface area (Å²) in [5.41, 5.74) is -0.217. The van der Waals surface area contributed by atoms with Crippen molar-refractivity contribution in [3.8, 4) is 0 Å². The third-order valence-corrected chi connectivity index (χ3v) is 2.69. The van der Waals surface area contributed by atoms with Crippen LogP contribution in [0.25, 0.3) is 10.9 Å². The standard InChI is InChI=1S/C9H7N.C6H12O4/c1-2-6-9-8(4-1)5-3-7-10-9;1-6(10,2-3-7)4-5(8)9/h1-7H;7,10H,2-4H2,1H3,(H,8,9)/t;6-/m.1/s1. The monoisotopic (exact) mass is 277 g/mol. The Morgan fingerprint density at radius 3 is 2.50 bits per heavy atom. The van der Waals surface area contributed by atoms with Crippen molar-refractivity contribution in [3.05, 3.63) is 42.6 Å². The van der Waals surface area contributed by atoms with E-state index in [1.165, 1.54) is 12.3 Å². The van der Waals surface area contributed by atoms with Crippen LogP contribution in [0.5, 0.6) is 0 Å². The molecule has 108 valence electrons. The van der Waals surface area contributed by atoms with Crippen LogP contribution in [0.3, 0.4) is 0 Å². The number of hydrogen-bond acceptors (Lipinski definition) is 4. The van der Waals surface area contributed by atoms with Gasteiger partial charge >= 0.3 is 5.97 Å². The summed E-state index contributed by atoms with van der Waals surface area (Å²) in [6, 6.07) is 12.1.